The number of nitrogens with zero attached hydrogens (tertiary/aromatic N) is 2. The summed E-state index contributed by atoms with van der Waals surface area (Å²) in [7, 11) is 0. The van der Waals surface area contributed by atoms with Gasteiger partial charge in [-0.15, -0.1) is 10.2 Å². The number of carbonyl (C=O) groups excluding carboxylic acids is 1. The highest BCUT2D eigenvalue weighted by Gasteiger charge is 2.15. The fourth-order valence-electron chi connectivity index (χ4n) is 1.71. The number of rotatable bonds is 6. The molecule has 1 amide bonds. The third kappa shape index (κ3) is 5.23. The molecule has 0 bridgehead atoms. The average molecular weight is 256 g/mol. The third-order valence-electron chi connectivity index (χ3n) is 2.38. The van der Waals surface area contributed by atoms with Gasteiger partial charge in [-0.1, -0.05) is 25.2 Å². The zero-order valence-electron chi connectivity index (χ0n) is 10.6. The van der Waals surface area contributed by atoms with Gasteiger partial charge in [0.2, 0.25) is 11.0 Å². The minimum atomic E-state index is -0.0303. The fraction of sp³-hybridized carbons (Fsp3) is 0.727. The molecule has 1 aromatic heterocycles. The van der Waals surface area contributed by atoms with Crippen LogP contribution >= 0.6 is 11.3 Å². The summed E-state index contributed by atoms with van der Waals surface area (Å²) in [5.41, 5.74) is 5.66. The predicted octanol–water partition coefficient (Wildman–Crippen LogP) is 1.80. The van der Waals surface area contributed by atoms with Crippen molar-refractivity contribution in [3.63, 3.8) is 0 Å². The molecular formula is C11H20N4OS. The van der Waals surface area contributed by atoms with Gasteiger partial charge < -0.3 is 11.1 Å². The number of hydrogen-bond donors (Lipinski definition) is 2. The molecular weight excluding hydrogens is 236 g/mol. The highest BCUT2D eigenvalue weighted by atomic mass is 32.1. The number of amides is 1. The number of aryl methyl sites for hydroxylation is 1. The molecule has 0 aliphatic carbocycles. The van der Waals surface area contributed by atoms with E-state index < -0.39 is 0 Å². The van der Waals surface area contributed by atoms with Gasteiger partial charge in [-0.25, -0.2) is 0 Å². The predicted molar refractivity (Wildman–Crippen MR) is 69.9 cm³/mol. The van der Waals surface area contributed by atoms with Crippen molar-refractivity contribution >= 4 is 22.4 Å². The molecule has 1 aromatic rings. The topological polar surface area (TPSA) is 80.9 Å². The van der Waals surface area contributed by atoms with Crippen LogP contribution in [-0.4, -0.2) is 22.6 Å². The average Bonchev–Trinajstić information content (AvgIpc) is 2.62. The maximum atomic E-state index is 11.7. The summed E-state index contributed by atoms with van der Waals surface area (Å²) in [6.45, 7) is 6.67. The summed E-state index contributed by atoms with van der Waals surface area (Å²) in [6, 6.07) is 0. The maximum Gasteiger partial charge on any atom is 0.226 e. The van der Waals surface area contributed by atoms with Crippen molar-refractivity contribution in [1.82, 2.24) is 10.2 Å². The summed E-state index contributed by atoms with van der Waals surface area (Å²) in [6.07, 6.45) is 1.42. The second kappa shape index (κ2) is 6.66. The SMILES string of the molecule is Cc1nnc(NC(=O)CC(CN)CC(C)C)s1. The van der Waals surface area contributed by atoms with E-state index in [1.165, 1.54) is 11.3 Å². The molecule has 17 heavy (non-hydrogen) atoms. The Morgan fingerprint density at radius 3 is 2.65 bits per heavy atom. The Kier molecular flexibility index (Phi) is 5.50. The minimum Gasteiger partial charge on any atom is -0.330 e. The van der Waals surface area contributed by atoms with E-state index in [9.17, 15) is 4.79 Å². The van der Waals surface area contributed by atoms with Gasteiger partial charge in [0.1, 0.15) is 5.01 Å². The van der Waals surface area contributed by atoms with Crippen LogP contribution in [0.4, 0.5) is 5.13 Å². The van der Waals surface area contributed by atoms with Gasteiger partial charge in [0.25, 0.3) is 0 Å². The van der Waals surface area contributed by atoms with Gasteiger partial charge >= 0.3 is 0 Å². The van der Waals surface area contributed by atoms with Gasteiger partial charge in [-0.2, -0.15) is 0 Å². The van der Waals surface area contributed by atoms with Crippen LogP contribution in [0.25, 0.3) is 0 Å². The summed E-state index contributed by atoms with van der Waals surface area (Å²) >= 11 is 1.38. The van der Waals surface area contributed by atoms with Gasteiger partial charge in [0, 0.05) is 6.42 Å². The minimum absolute atomic E-state index is 0.0303. The van der Waals surface area contributed by atoms with E-state index in [1.807, 2.05) is 6.92 Å². The van der Waals surface area contributed by atoms with Crippen LogP contribution in [0.2, 0.25) is 0 Å². The summed E-state index contributed by atoms with van der Waals surface area (Å²) in [4.78, 5) is 11.7. The van der Waals surface area contributed by atoms with Crippen LogP contribution in [0.5, 0.6) is 0 Å². The van der Waals surface area contributed by atoms with E-state index in [2.05, 4.69) is 29.4 Å². The zero-order chi connectivity index (χ0) is 12.8. The Morgan fingerprint density at radius 1 is 1.47 bits per heavy atom. The van der Waals surface area contributed by atoms with Crippen LogP contribution < -0.4 is 11.1 Å². The monoisotopic (exact) mass is 256 g/mol. The van der Waals surface area contributed by atoms with Crippen molar-refractivity contribution in [1.29, 1.82) is 0 Å². The Labute approximate surface area is 106 Å². The van der Waals surface area contributed by atoms with Crippen LogP contribution in [0.15, 0.2) is 0 Å². The second-order valence-corrected chi connectivity index (χ2v) is 5.79. The number of hydrogen-bond acceptors (Lipinski definition) is 5. The Morgan fingerprint density at radius 2 is 2.18 bits per heavy atom. The smallest absolute Gasteiger partial charge is 0.226 e. The molecule has 1 heterocycles. The number of anilines is 1. The Hall–Kier alpha value is -1.01. The lowest BCUT2D eigenvalue weighted by molar-refractivity contribution is -0.117. The van der Waals surface area contributed by atoms with E-state index in [-0.39, 0.29) is 11.8 Å². The van der Waals surface area contributed by atoms with Gasteiger partial charge in [0.15, 0.2) is 0 Å². The first-order chi connectivity index (χ1) is 8.01. The highest BCUT2D eigenvalue weighted by molar-refractivity contribution is 7.15. The number of nitrogens with two attached hydrogens (primary N) is 1. The molecule has 3 N–H and O–H groups in total. The zero-order valence-corrected chi connectivity index (χ0v) is 11.4. The van der Waals surface area contributed by atoms with Gasteiger partial charge in [0.05, 0.1) is 0 Å². The lowest BCUT2D eigenvalue weighted by atomic mass is 9.94. The summed E-state index contributed by atoms with van der Waals surface area (Å²) < 4.78 is 0. The first-order valence-electron chi connectivity index (χ1n) is 5.81. The van der Waals surface area contributed by atoms with E-state index in [0.29, 0.717) is 24.0 Å². The van der Waals surface area contributed by atoms with Crippen LogP contribution in [0.1, 0.15) is 31.7 Å². The van der Waals surface area contributed by atoms with Crippen molar-refractivity contribution in [2.24, 2.45) is 17.6 Å². The standard InChI is InChI=1S/C11H20N4OS/c1-7(2)4-9(6-12)5-10(16)13-11-15-14-8(3)17-11/h7,9H,4-6,12H2,1-3H3,(H,13,15,16). The molecule has 1 rings (SSSR count). The highest BCUT2D eigenvalue weighted by Crippen LogP contribution is 2.17. The van der Waals surface area contributed by atoms with Crippen LogP contribution in [0.3, 0.4) is 0 Å². The first-order valence-corrected chi connectivity index (χ1v) is 6.63. The lowest BCUT2D eigenvalue weighted by Crippen LogP contribution is -2.23. The molecule has 0 aromatic carbocycles. The van der Waals surface area contributed by atoms with E-state index >= 15 is 0 Å². The first kappa shape index (κ1) is 14.1. The van der Waals surface area contributed by atoms with Crippen LogP contribution in [-0.2, 0) is 4.79 Å². The summed E-state index contributed by atoms with van der Waals surface area (Å²) in [5.74, 6) is 0.765. The number of nitrogens with one attached hydrogen (secondary N) is 1. The molecule has 0 aliphatic heterocycles. The second-order valence-electron chi connectivity index (χ2n) is 4.61. The quantitative estimate of drug-likeness (QED) is 0.813. The molecule has 6 heteroatoms. The van der Waals surface area contributed by atoms with Gasteiger partial charge in [-0.3, -0.25) is 4.79 Å². The Bertz CT molecular complexity index is 364. The van der Waals surface area contributed by atoms with Crippen molar-refractivity contribution in [2.75, 3.05) is 11.9 Å². The molecule has 0 saturated carbocycles. The van der Waals surface area contributed by atoms with E-state index in [0.717, 1.165) is 11.4 Å². The van der Waals surface area contributed by atoms with Crippen molar-refractivity contribution < 1.29 is 4.79 Å². The normalized spacial score (nSPS) is 12.8. The Balaban J connectivity index is 2.42. The molecule has 0 radical (unpaired) electrons. The largest absolute Gasteiger partial charge is 0.330 e. The van der Waals surface area contributed by atoms with E-state index in [1.54, 1.807) is 0 Å². The van der Waals surface area contributed by atoms with Crippen LogP contribution in [0, 0.1) is 18.8 Å². The van der Waals surface area contributed by atoms with Gasteiger partial charge in [-0.05, 0) is 31.7 Å². The number of aromatic nitrogens is 2. The lowest BCUT2D eigenvalue weighted by Gasteiger charge is -2.15. The summed E-state index contributed by atoms with van der Waals surface area (Å²) in [5, 5.41) is 11.9. The molecule has 1 atom stereocenters. The van der Waals surface area contributed by atoms with Crippen molar-refractivity contribution in [3.8, 4) is 0 Å². The molecule has 0 fully saturated rings. The van der Waals surface area contributed by atoms with Crippen molar-refractivity contribution in [2.45, 2.75) is 33.6 Å². The maximum absolute atomic E-state index is 11.7. The molecule has 0 saturated heterocycles. The molecule has 0 spiro atoms. The third-order valence-corrected chi connectivity index (χ3v) is 3.14. The number of carbonyl (C=O) groups is 1. The molecule has 1 unspecified atom stereocenters. The molecule has 0 aliphatic rings. The fourth-order valence-corrected chi connectivity index (χ4v) is 2.32. The molecule has 5 nitrogen and oxygen atoms in total. The van der Waals surface area contributed by atoms with Crippen molar-refractivity contribution in [3.05, 3.63) is 5.01 Å². The molecule has 96 valence electrons. The van der Waals surface area contributed by atoms with E-state index in [4.69, 9.17) is 5.73 Å².